The Balaban J connectivity index is 1.76. The molecule has 0 unspecified atom stereocenters. The first-order chi connectivity index (χ1) is 13.6. The van der Waals surface area contributed by atoms with Gasteiger partial charge in [-0.25, -0.2) is 4.79 Å². The summed E-state index contributed by atoms with van der Waals surface area (Å²) in [6.45, 7) is 3.74. The van der Waals surface area contributed by atoms with Gasteiger partial charge in [-0.15, -0.1) is 0 Å². The third kappa shape index (κ3) is 3.63. The average Bonchev–Trinajstić information content (AvgIpc) is 3.51. The van der Waals surface area contributed by atoms with Crippen LogP contribution in [0.2, 0.25) is 0 Å². The van der Waals surface area contributed by atoms with E-state index in [1.54, 1.807) is 4.57 Å². The Kier molecular flexibility index (Phi) is 5.11. The van der Waals surface area contributed by atoms with Gasteiger partial charge in [0.1, 0.15) is 23.7 Å². The standard InChI is InChI=1S/C22H25NO5/c1-2-3-4-8-27-20-12-21-16(10-15(20)14-5-6-14)18-11-19(24)17(22(25)26)13-23(18)7-9-28-21/h10-14H,2-9H2,1H3,(H,25,26). The molecule has 0 atom stereocenters. The summed E-state index contributed by atoms with van der Waals surface area (Å²) in [7, 11) is 0. The zero-order valence-electron chi connectivity index (χ0n) is 16.1. The van der Waals surface area contributed by atoms with E-state index >= 15 is 0 Å². The van der Waals surface area contributed by atoms with Crippen LogP contribution in [0.5, 0.6) is 11.5 Å². The highest BCUT2D eigenvalue weighted by Gasteiger charge is 2.30. The number of nitrogens with zero attached hydrogens (tertiary/aromatic N) is 1. The summed E-state index contributed by atoms with van der Waals surface area (Å²) >= 11 is 0. The van der Waals surface area contributed by atoms with Crippen LogP contribution in [0.3, 0.4) is 0 Å². The molecule has 4 rings (SSSR count). The number of ether oxygens (including phenoxy) is 2. The zero-order valence-corrected chi connectivity index (χ0v) is 16.1. The average molecular weight is 383 g/mol. The van der Waals surface area contributed by atoms with Crippen molar-refractivity contribution in [2.75, 3.05) is 13.2 Å². The molecular weight excluding hydrogens is 358 g/mol. The first-order valence-electron chi connectivity index (χ1n) is 10.00. The summed E-state index contributed by atoms with van der Waals surface area (Å²) in [6, 6.07) is 5.43. The summed E-state index contributed by atoms with van der Waals surface area (Å²) in [5.74, 6) is 0.826. The van der Waals surface area contributed by atoms with E-state index in [0.29, 0.717) is 37.1 Å². The molecule has 1 aromatic carbocycles. The van der Waals surface area contributed by atoms with E-state index in [0.717, 1.165) is 49.0 Å². The van der Waals surface area contributed by atoms with Gasteiger partial charge in [0.05, 0.1) is 18.8 Å². The van der Waals surface area contributed by atoms with E-state index in [2.05, 4.69) is 13.0 Å². The van der Waals surface area contributed by atoms with E-state index in [4.69, 9.17) is 9.47 Å². The molecule has 6 nitrogen and oxygen atoms in total. The molecule has 1 aliphatic heterocycles. The molecule has 6 heteroatoms. The van der Waals surface area contributed by atoms with E-state index in [1.165, 1.54) is 12.3 Å². The van der Waals surface area contributed by atoms with Gasteiger partial charge in [-0.05, 0) is 36.8 Å². The van der Waals surface area contributed by atoms with E-state index < -0.39 is 11.4 Å². The van der Waals surface area contributed by atoms with Crippen LogP contribution < -0.4 is 14.9 Å². The summed E-state index contributed by atoms with van der Waals surface area (Å²) in [4.78, 5) is 23.6. The molecule has 1 aromatic heterocycles. The molecule has 148 valence electrons. The van der Waals surface area contributed by atoms with Gasteiger partial charge >= 0.3 is 5.97 Å². The fraction of sp³-hybridized carbons (Fsp3) is 0.455. The lowest BCUT2D eigenvalue weighted by atomic mass is 10.0. The SMILES string of the molecule is CCCCCOc1cc2c(cc1C1CC1)-c1cc(=O)c(C(=O)O)cn1CCO2. The van der Waals surface area contributed by atoms with Crippen LogP contribution in [0.15, 0.2) is 29.2 Å². The normalized spacial score (nSPS) is 15.2. The van der Waals surface area contributed by atoms with Gasteiger partial charge in [0.15, 0.2) is 5.43 Å². The Hall–Kier alpha value is -2.76. The molecule has 0 spiro atoms. The Labute approximate surface area is 163 Å². The quantitative estimate of drug-likeness (QED) is 0.730. The van der Waals surface area contributed by atoms with Crippen molar-refractivity contribution in [1.29, 1.82) is 0 Å². The van der Waals surface area contributed by atoms with Gasteiger partial charge in [-0.2, -0.15) is 0 Å². The van der Waals surface area contributed by atoms with Gasteiger partial charge < -0.3 is 19.1 Å². The Bertz CT molecular complexity index is 958. The lowest BCUT2D eigenvalue weighted by Crippen LogP contribution is -2.19. The van der Waals surface area contributed by atoms with Gasteiger partial charge in [-0.1, -0.05) is 19.8 Å². The molecule has 0 bridgehead atoms. The predicted octanol–water partition coefficient (Wildman–Crippen LogP) is 4.05. The number of aromatic carboxylic acids is 1. The minimum atomic E-state index is -1.21. The molecule has 1 fully saturated rings. The maximum absolute atomic E-state index is 12.3. The van der Waals surface area contributed by atoms with Gasteiger partial charge in [-0.3, -0.25) is 4.79 Å². The van der Waals surface area contributed by atoms with Crippen LogP contribution in [0.25, 0.3) is 11.3 Å². The van der Waals surface area contributed by atoms with Crippen molar-refractivity contribution in [2.45, 2.75) is 51.5 Å². The molecule has 1 saturated carbocycles. The summed E-state index contributed by atoms with van der Waals surface area (Å²) in [5.41, 5.74) is 1.98. The number of benzene rings is 1. The number of pyridine rings is 1. The number of hydrogen-bond donors (Lipinski definition) is 1. The number of hydrogen-bond acceptors (Lipinski definition) is 4. The monoisotopic (exact) mass is 383 g/mol. The molecular formula is C22H25NO5. The molecule has 1 aliphatic carbocycles. The van der Waals surface area contributed by atoms with Crippen LogP contribution in [0.4, 0.5) is 0 Å². The molecule has 0 saturated heterocycles. The van der Waals surface area contributed by atoms with Gasteiger partial charge in [0, 0.05) is 23.9 Å². The molecule has 2 aliphatic rings. The van der Waals surface area contributed by atoms with Crippen LogP contribution in [-0.4, -0.2) is 28.9 Å². The smallest absolute Gasteiger partial charge is 0.341 e. The Morgan fingerprint density at radius 1 is 1.29 bits per heavy atom. The summed E-state index contributed by atoms with van der Waals surface area (Å²) in [6.07, 6.45) is 7.00. The van der Waals surface area contributed by atoms with Crippen LogP contribution in [0, 0.1) is 0 Å². The number of carboxylic acids is 1. The fourth-order valence-electron chi connectivity index (χ4n) is 3.68. The highest BCUT2D eigenvalue weighted by atomic mass is 16.5. The van der Waals surface area contributed by atoms with Crippen molar-refractivity contribution in [3.8, 4) is 22.8 Å². The van der Waals surface area contributed by atoms with Gasteiger partial charge in [0.2, 0.25) is 0 Å². The van der Waals surface area contributed by atoms with Crippen molar-refractivity contribution in [3.05, 3.63) is 45.7 Å². The number of aromatic nitrogens is 1. The Morgan fingerprint density at radius 3 is 2.82 bits per heavy atom. The second-order valence-corrected chi connectivity index (χ2v) is 7.50. The molecule has 1 N–H and O–H groups in total. The number of unbranched alkanes of at least 4 members (excludes halogenated alkanes) is 2. The van der Waals surface area contributed by atoms with E-state index in [9.17, 15) is 14.7 Å². The fourth-order valence-corrected chi connectivity index (χ4v) is 3.68. The first kappa shape index (κ1) is 18.6. The molecule has 2 heterocycles. The predicted molar refractivity (Wildman–Crippen MR) is 106 cm³/mol. The van der Waals surface area contributed by atoms with Crippen LogP contribution in [0.1, 0.15) is 60.9 Å². The molecule has 0 amide bonds. The van der Waals surface area contributed by atoms with Gasteiger partial charge in [0.25, 0.3) is 0 Å². The van der Waals surface area contributed by atoms with Crippen LogP contribution in [-0.2, 0) is 6.54 Å². The number of fused-ring (bicyclic) bond motifs is 3. The van der Waals surface area contributed by atoms with Crippen molar-refractivity contribution in [2.24, 2.45) is 0 Å². The minimum absolute atomic E-state index is 0.217. The van der Waals surface area contributed by atoms with Crippen molar-refractivity contribution in [3.63, 3.8) is 0 Å². The molecule has 2 aromatic rings. The lowest BCUT2D eigenvalue weighted by Gasteiger charge is -2.16. The third-order valence-corrected chi connectivity index (χ3v) is 5.36. The first-order valence-corrected chi connectivity index (χ1v) is 10.00. The highest BCUT2D eigenvalue weighted by Crippen LogP contribution is 2.48. The van der Waals surface area contributed by atoms with Crippen molar-refractivity contribution >= 4 is 5.97 Å². The topological polar surface area (TPSA) is 77.8 Å². The second kappa shape index (κ2) is 7.70. The summed E-state index contributed by atoms with van der Waals surface area (Å²) in [5, 5.41) is 9.25. The maximum Gasteiger partial charge on any atom is 0.341 e. The lowest BCUT2D eigenvalue weighted by molar-refractivity contribution is 0.0694. The maximum atomic E-state index is 12.3. The van der Waals surface area contributed by atoms with E-state index in [-0.39, 0.29) is 5.56 Å². The minimum Gasteiger partial charge on any atom is -0.493 e. The largest absolute Gasteiger partial charge is 0.493 e. The van der Waals surface area contributed by atoms with Crippen molar-refractivity contribution < 1.29 is 19.4 Å². The number of carboxylic acid groups (broad SMARTS) is 1. The van der Waals surface area contributed by atoms with Crippen LogP contribution >= 0.6 is 0 Å². The Morgan fingerprint density at radius 2 is 2.11 bits per heavy atom. The second-order valence-electron chi connectivity index (χ2n) is 7.50. The third-order valence-electron chi connectivity index (χ3n) is 5.36. The number of rotatable bonds is 7. The van der Waals surface area contributed by atoms with Crippen molar-refractivity contribution in [1.82, 2.24) is 4.57 Å². The number of carbonyl (C=O) groups is 1. The zero-order chi connectivity index (χ0) is 19.7. The molecule has 0 radical (unpaired) electrons. The van der Waals surface area contributed by atoms with E-state index in [1.807, 2.05) is 6.07 Å². The highest BCUT2D eigenvalue weighted by molar-refractivity contribution is 5.87. The summed E-state index contributed by atoms with van der Waals surface area (Å²) < 4.78 is 13.8. The molecule has 28 heavy (non-hydrogen) atoms.